The molecule has 2 aliphatic carbocycles. The molecule has 1 heterocycles. The van der Waals surface area contributed by atoms with E-state index in [9.17, 15) is 24.3 Å². The first-order chi connectivity index (χ1) is 16.6. The van der Waals surface area contributed by atoms with Crippen molar-refractivity contribution in [1.29, 1.82) is 0 Å². The van der Waals surface area contributed by atoms with Gasteiger partial charge in [0.15, 0.2) is 11.7 Å². The van der Waals surface area contributed by atoms with E-state index >= 15 is 0 Å². The van der Waals surface area contributed by atoms with Crippen LogP contribution in [0.15, 0.2) is 24.3 Å². The highest BCUT2D eigenvalue weighted by Gasteiger charge is 2.69. The zero-order chi connectivity index (χ0) is 27.2. The molecule has 0 aromatic heterocycles. The van der Waals surface area contributed by atoms with Gasteiger partial charge in [-0.15, -0.1) is 11.6 Å². The summed E-state index contributed by atoms with van der Waals surface area (Å²) in [5.74, 6) is -4.52. The molecule has 1 N–H and O–H groups in total. The van der Waals surface area contributed by atoms with Gasteiger partial charge in [0.2, 0.25) is 0 Å². The summed E-state index contributed by atoms with van der Waals surface area (Å²) in [7, 11) is 0. The molecule has 36 heavy (non-hydrogen) atoms. The zero-order valence-electron chi connectivity index (χ0n) is 21.4. The molecule has 0 spiro atoms. The van der Waals surface area contributed by atoms with Crippen molar-refractivity contribution in [3.05, 3.63) is 24.3 Å². The third kappa shape index (κ3) is 4.67. The van der Waals surface area contributed by atoms with Crippen molar-refractivity contribution in [2.75, 3.05) is 0 Å². The number of ether oxygens (including phenoxy) is 4. The van der Waals surface area contributed by atoms with Crippen LogP contribution < -0.4 is 0 Å². The molecule has 0 bridgehead atoms. The van der Waals surface area contributed by atoms with E-state index < -0.39 is 76.5 Å². The minimum atomic E-state index is -2.08. The van der Waals surface area contributed by atoms with Crippen molar-refractivity contribution >= 4 is 35.5 Å². The molecule has 1 saturated heterocycles. The topological polar surface area (TPSA) is 125 Å². The van der Waals surface area contributed by atoms with Crippen molar-refractivity contribution < 1.29 is 43.2 Å². The van der Waals surface area contributed by atoms with E-state index in [0.29, 0.717) is 24.0 Å². The molecule has 1 aliphatic heterocycles. The lowest BCUT2D eigenvalue weighted by Crippen LogP contribution is -2.67. The summed E-state index contributed by atoms with van der Waals surface area (Å²) in [5, 5.41) is 11.3. The highest BCUT2D eigenvalue weighted by Crippen LogP contribution is 2.57. The molecule has 0 amide bonds. The fraction of sp³-hybridized carbons (Fsp3) is 0.692. The van der Waals surface area contributed by atoms with Gasteiger partial charge in [-0.25, -0.2) is 0 Å². The average Bonchev–Trinajstić information content (AvgIpc) is 3.00. The molecule has 3 rings (SSSR count). The van der Waals surface area contributed by atoms with Crippen LogP contribution in [-0.2, 0) is 38.1 Å². The molecule has 3 aliphatic rings. The number of alkyl halides is 1. The Bertz CT molecular complexity index is 976. The monoisotopic (exact) mass is 526 g/mol. The van der Waals surface area contributed by atoms with Gasteiger partial charge < -0.3 is 24.1 Å². The fourth-order valence-corrected chi connectivity index (χ4v) is 6.55. The smallest absolute Gasteiger partial charge is 0.312 e. The summed E-state index contributed by atoms with van der Waals surface area (Å²) < 4.78 is 22.9. The normalized spacial score (nSPS) is 40.9. The van der Waals surface area contributed by atoms with Gasteiger partial charge in [0.1, 0.15) is 18.3 Å². The van der Waals surface area contributed by atoms with Crippen molar-refractivity contribution in [2.45, 2.75) is 95.7 Å². The number of fused-ring (bicyclic) bond motifs is 2. The molecule has 9 nitrogen and oxygen atoms in total. The van der Waals surface area contributed by atoms with Gasteiger partial charge in [0.25, 0.3) is 0 Å². The molecule has 200 valence electrons. The van der Waals surface area contributed by atoms with Crippen molar-refractivity contribution in [1.82, 2.24) is 0 Å². The average molecular weight is 527 g/mol. The van der Waals surface area contributed by atoms with Crippen LogP contribution in [0.4, 0.5) is 0 Å². The van der Waals surface area contributed by atoms with Crippen LogP contribution in [0.25, 0.3) is 0 Å². The van der Waals surface area contributed by atoms with Crippen molar-refractivity contribution in [3.63, 3.8) is 0 Å². The van der Waals surface area contributed by atoms with Crippen LogP contribution in [0.2, 0.25) is 0 Å². The van der Waals surface area contributed by atoms with Crippen LogP contribution in [0.5, 0.6) is 0 Å². The number of carbonyl (C=O) groups is 4. The van der Waals surface area contributed by atoms with E-state index in [1.165, 1.54) is 27.7 Å². The molecule has 10 heteroatoms. The van der Waals surface area contributed by atoms with Crippen LogP contribution >= 0.6 is 11.6 Å². The van der Waals surface area contributed by atoms with Gasteiger partial charge in [-0.1, -0.05) is 31.2 Å². The summed E-state index contributed by atoms with van der Waals surface area (Å²) in [4.78, 5) is 49.6. The zero-order valence-corrected chi connectivity index (χ0v) is 22.1. The van der Waals surface area contributed by atoms with E-state index in [1.54, 1.807) is 6.92 Å². The number of halogens is 1. The minimum absolute atomic E-state index is 0.251. The highest BCUT2D eigenvalue weighted by atomic mass is 35.5. The van der Waals surface area contributed by atoms with Gasteiger partial charge in [-0.3, -0.25) is 19.2 Å². The lowest BCUT2D eigenvalue weighted by molar-refractivity contribution is -0.222. The Morgan fingerprint density at radius 2 is 1.44 bits per heavy atom. The fourth-order valence-electron chi connectivity index (χ4n) is 6.19. The van der Waals surface area contributed by atoms with E-state index in [2.05, 4.69) is 13.2 Å². The second-order valence-corrected chi connectivity index (χ2v) is 10.8. The largest absolute Gasteiger partial charge is 0.462 e. The first-order valence-electron chi connectivity index (χ1n) is 12.1. The first-order valence-corrected chi connectivity index (χ1v) is 12.5. The predicted molar refractivity (Wildman–Crippen MR) is 129 cm³/mol. The third-order valence-corrected chi connectivity index (χ3v) is 8.56. The number of esters is 4. The number of hydrogen-bond acceptors (Lipinski definition) is 9. The van der Waals surface area contributed by atoms with E-state index in [4.69, 9.17) is 30.5 Å². The van der Waals surface area contributed by atoms with Gasteiger partial charge in [0, 0.05) is 26.7 Å². The first kappa shape index (κ1) is 28.2. The van der Waals surface area contributed by atoms with Gasteiger partial charge >= 0.3 is 23.9 Å². The molecule has 1 unspecified atom stereocenters. The van der Waals surface area contributed by atoms with E-state index in [-0.39, 0.29) is 12.8 Å². The molecule has 0 aromatic rings. The standard InChI is InChI=1S/C26H35ClO9/c1-12-8-10-18(33-15(4)28)25(7)19(34-16(5)29)11-9-13(2)21(27)23-26(32,14(3)24(31)36-23)22(20(12)25)35-17(6)30/h14,18-23,32H,1-2,8-11H2,3-7H3/t14-,18-,19-,20+,21-,22-,23-,25?,26+/m0/s1. The van der Waals surface area contributed by atoms with Crippen molar-refractivity contribution in [2.24, 2.45) is 17.3 Å². The molecule has 0 aromatic carbocycles. The maximum Gasteiger partial charge on any atom is 0.312 e. The summed E-state index contributed by atoms with van der Waals surface area (Å²) in [6.45, 7) is 15.2. The van der Waals surface area contributed by atoms with E-state index in [1.807, 2.05) is 0 Å². The highest BCUT2D eigenvalue weighted by molar-refractivity contribution is 6.23. The van der Waals surface area contributed by atoms with Gasteiger partial charge in [-0.2, -0.15) is 0 Å². The Morgan fingerprint density at radius 3 is 1.92 bits per heavy atom. The van der Waals surface area contributed by atoms with Crippen LogP contribution in [-0.4, -0.2) is 64.4 Å². The molecule has 9 atom stereocenters. The predicted octanol–water partition coefficient (Wildman–Crippen LogP) is 3.00. The van der Waals surface area contributed by atoms with Crippen molar-refractivity contribution in [3.8, 4) is 0 Å². The summed E-state index contributed by atoms with van der Waals surface area (Å²) in [5.41, 5.74) is -2.24. The molecular weight excluding hydrogens is 492 g/mol. The Hall–Kier alpha value is -2.39. The minimum Gasteiger partial charge on any atom is -0.462 e. The summed E-state index contributed by atoms with van der Waals surface area (Å²) >= 11 is 6.71. The Kier molecular flexibility index (Phi) is 7.96. The Balaban J connectivity index is 2.34. The Labute approximate surface area is 216 Å². The maximum atomic E-state index is 12.8. The molecule has 3 fully saturated rings. The van der Waals surface area contributed by atoms with Gasteiger partial charge in [-0.05, 0) is 32.6 Å². The van der Waals surface area contributed by atoms with Crippen LogP contribution in [0.1, 0.15) is 60.3 Å². The van der Waals surface area contributed by atoms with Crippen LogP contribution in [0.3, 0.4) is 0 Å². The van der Waals surface area contributed by atoms with E-state index in [0.717, 1.165) is 0 Å². The quantitative estimate of drug-likeness (QED) is 0.255. The number of aliphatic hydroxyl groups is 1. The lowest BCUT2D eigenvalue weighted by atomic mass is 9.54. The third-order valence-electron chi connectivity index (χ3n) is 8.02. The SMILES string of the molecule is C=C1CC[C@H](OC(C)=O)C2(C)[C@@H](OC(C)=O)CCC(=C)[C@H](Cl)[C@@H]3OC(=O)[C@H](C)[C@@]3(O)[C@@H](OC(C)=O)[C@@H]12. The maximum absolute atomic E-state index is 12.8. The second-order valence-electron chi connectivity index (χ2n) is 10.3. The second kappa shape index (κ2) is 10.2. The molecular formula is C26H35ClO9. The van der Waals surface area contributed by atoms with Crippen LogP contribution in [0, 0.1) is 17.3 Å². The van der Waals surface area contributed by atoms with Gasteiger partial charge in [0.05, 0.1) is 16.7 Å². The summed E-state index contributed by atoms with van der Waals surface area (Å²) in [6, 6.07) is 0. The number of carbonyl (C=O) groups excluding carboxylic acids is 4. The Morgan fingerprint density at radius 1 is 0.972 bits per heavy atom. The number of rotatable bonds is 3. The summed E-state index contributed by atoms with van der Waals surface area (Å²) in [6.07, 6.45) is -3.01. The molecule has 0 radical (unpaired) electrons. The lowest BCUT2D eigenvalue weighted by Gasteiger charge is -2.56. The number of hydrogen-bond donors (Lipinski definition) is 1. The molecule has 2 saturated carbocycles.